The van der Waals surface area contributed by atoms with Gasteiger partial charge in [0.15, 0.2) is 9.90 Å². The molecule has 0 spiro atoms. The maximum absolute atomic E-state index is 12.9. The Morgan fingerprint density at radius 3 is 2.77 bits per heavy atom. The van der Waals surface area contributed by atoms with E-state index in [0.29, 0.717) is 35.9 Å². The zero-order valence-electron chi connectivity index (χ0n) is 17.2. The van der Waals surface area contributed by atoms with Gasteiger partial charge in [-0.2, -0.15) is 0 Å². The minimum Gasteiger partial charge on any atom is -0.477 e. The van der Waals surface area contributed by atoms with Gasteiger partial charge in [-0.25, -0.2) is 9.59 Å². The molecule has 0 bridgehead atoms. The van der Waals surface area contributed by atoms with E-state index in [0.717, 1.165) is 0 Å². The molecule has 2 saturated heterocycles. The Kier molecular flexibility index (Phi) is 7.72. The first-order valence-corrected chi connectivity index (χ1v) is 12.6. The van der Waals surface area contributed by atoms with Gasteiger partial charge < -0.3 is 19.8 Å². The highest BCUT2D eigenvalue weighted by molar-refractivity contribution is 8.29. The van der Waals surface area contributed by atoms with Crippen LogP contribution < -0.4 is 0 Å². The van der Waals surface area contributed by atoms with Crippen LogP contribution in [0.5, 0.6) is 0 Å². The molecule has 2 fully saturated rings. The van der Waals surface area contributed by atoms with Crippen LogP contribution in [0.4, 0.5) is 4.79 Å². The highest BCUT2D eigenvalue weighted by Crippen LogP contribution is 2.66. The molecule has 0 aromatic heterocycles. The topological polar surface area (TPSA) is 107 Å². The quantitative estimate of drug-likeness (QED) is 0.356. The van der Waals surface area contributed by atoms with Gasteiger partial charge in [-0.3, -0.25) is 9.69 Å². The van der Waals surface area contributed by atoms with E-state index in [1.165, 1.54) is 46.3 Å². The number of carboxylic acids is 1. The van der Waals surface area contributed by atoms with Crippen molar-refractivity contribution < 1.29 is 29.3 Å². The van der Waals surface area contributed by atoms with Crippen molar-refractivity contribution in [2.24, 2.45) is 5.92 Å². The van der Waals surface area contributed by atoms with Crippen molar-refractivity contribution in [2.75, 3.05) is 25.4 Å². The van der Waals surface area contributed by atoms with Gasteiger partial charge in [0, 0.05) is 24.1 Å². The number of rotatable bonds is 10. The molecule has 0 radical (unpaired) electrons. The smallest absolute Gasteiger partial charge is 0.410 e. The van der Waals surface area contributed by atoms with Crippen LogP contribution in [0.1, 0.15) is 19.8 Å². The number of aliphatic carboxylic acids is 1. The van der Waals surface area contributed by atoms with E-state index in [4.69, 9.17) is 4.74 Å². The minimum atomic E-state index is -1.17. The first-order valence-electron chi connectivity index (χ1n) is 9.93. The summed E-state index contributed by atoms with van der Waals surface area (Å²) >= 11 is 4.11. The van der Waals surface area contributed by atoms with Crippen LogP contribution >= 0.6 is 35.3 Å². The largest absolute Gasteiger partial charge is 0.477 e. The van der Waals surface area contributed by atoms with Crippen LogP contribution in [0.15, 0.2) is 35.2 Å². The number of hydrogen-bond acceptors (Lipinski definition) is 8. The molecule has 2 N–H and O–H groups in total. The second kappa shape index (κ2) is 9.93. The zero-order valence-corrected chi connectivity index (χ0v) is 19.6. The monoisotopic (exact) mass is 486 g/mol. The van der Waals surface area contributed by atoms with E-state index < -0.39 is 28.3 Å². The van der Waals surface area contributed by atoms with Crippen LogP contribution in [-0.4, -0.2) is 79.0 Å². The number of aliphatic hydroxyl groups excluding tert-OH is 1. The molecule has 0 saturated carbocycles. The van der Waals surface area contributed by atoms with Crippen molar-refractivity contribution >= 4 is 53.3 Å². The molecule has 0 aliphatic carbocycles. The number of β-lactam (4-membered cyclic amide) rings is 1. The van der Waals surface area contributed by atoms with Crippen LogP contribution in [0.3, 0.4) is 0 Å². The predicted molar refractivity (Wildman–Crippen MR) is 123 cm³/mol. The Morgan fingerprint density at radius 2 is 2.16 bits per heavy atom. The first-order chi connectivity index (χ1) is 14.8. The molecule has 31 heavy (non-hydrogen) atoms. The highest BCUT2D eigenvalue weighted by Gasteiger charge is 2.69. The van der Waals surface area contributed by atoms with Gasteiger partial charge in [0.25, 0.3) is 0 Å². The van der Waals surface area contributed by atoms with Crippen molar-refractivity contribution in [1.82, 2.24) is 9.80 Å². The number of aliphatic hydroxyl groups is 1. The molecule has 170 valence electrons. The van der Waals surface area contributed by atoms with E-state index in [1.807, 2.05) is 0 Å². The maximum atomic E-state index is 12.9. The standard InChI is InChI=1S/C20H26N2O6S3/c1-4-9-28-19(27)21-8-7-12(11-21)30-18-15(17(25)26)22-16(24)14(13(23)6-3)20(22,31-18)29-10-5-2/h4-5,12-14,23H,1-2,6-11H2,3H3,(H,25,26)/t12?,13-,14+,20+/m0/s1. The molecule has 8 nitrogen and oxygen atoms in total. The van der Waals surface area contributed by atoms with Crippen LogP contribution in [0.25, 0.3) is 0 Å². The Bertz CT molecular complexity index is 819. The molecule has 4 atom stereocenters. The summed E-state index contributed by atoms with van der Waals surface area (Å²) in [5.41, 5.74) is -0.0381. The third-order valence-corrected chi connectivity index (χ3v) is 9.89. The van der Waals surface area contributed by atoms with E-state index in [-0.39, 0.29) is 23.5 Å². The number of carbonyl (C=O) groups excluding carboxylic acids is 2. The number of hydrogen-bond donors (Lipinski definition) is 2. The van der Waals surface area contributed by atoms with Gasteiger partial charge in [-0.05, 0) is 12.8 Å². The molecule has 0 aromatic carbocycles. The van der Waals surface area contributed by atoms with Crippen molar-refractivity contribution in [3.8, 4) is 0 Å². The van der Waals surface area contributed by atoms with E-state index in [9.17, 15) is 24.6 Å². The summed E-state index contributed by atoms with van der Waals surface area (Å²) in [5.74, 6) is -1.71. The lowest BCUT2D eigenvalue weighted by Gasteiger charge is -2.53. The van der Waals surface area contributed by atoms with Gasteiger partial charge >= 0.3 is 12.1 Å². The summed E-state index contributed by atoms with van der Waals surface area (Å²) < 4.78 is 4.72. The lowest BCUT2D eigenvalue weighted by molar-refractivity contribution is -0.159. The lowest BCUT2D eigenvalue weighted by Crippen LogP contribution is -2.68. The van der Waals surface area contributed by atoms with Crippen LogP contribution in [0, 0.1) is 5.92 Å². The van der Waals surface area contributed by atoms with Crippen molar-refractivity contribution in [1.29, 1.82) is 0 Å². The highest BCUT2D eigenvalue weighted by atomic mass is 32.2. The number of ether oxygens (including phenoxy) is 1. The van der Waals surface area contributed by atoms with Crippen molar-refractivity contribution in [3.63, 3.8) is 0 Å². The minimum absolute atomic E-state index is 0.0158. The third kappa shape index (κ3) is 4.37. The number of amides is 2. The molecule has 3 aliphatic rings. The number of fused-ring (bicyclic) bond motifs is 1. The van der Waals surface area contributed by atoms with E-state index in [2.05, 4.69) is 13.2 Å². The maximum Gasteiger partial charge on any atom is 0.410 e. The second-order valence-electron chi connectivity index (χ2n) is 7.24. The molecule has 3 rings (SSSR count). The predicted octanol–water partition coefficient (Wildman–Crippen LogP) is 2.92. The number of likely N-dealkylation sites (tertiary alicyclic amines) is 1. The summed E-state index contributed by atoms with van der Waals surface area (Å²) in [5, 5.41) is 20.4. The third-order valence-electron chi connectivity index (χ3n) is 5.26. The number of carbonyl (C=O) groups is 3. The molecule has 3 aliphatic heterocycles. The molecule has 3 heterocycles. The van der Waals surface area contributed by atoms with Gasteiger partial charge in [0.1, 0.15) is 12.5 Å². The molecule has 2 amide bonds. The first kappa shape index (κ1) is 24.1. The fourth-order valence-electron chi connectivity index (χ4n) is 3.80. The summed E-state index contributed by atoms with van der Waals surface area (Å²) in [4.78, 5) is 40.0. The Balaban J connectivity index is 1.80. The van der Waals surface area contributed by atoms with Gasteiger partial charge in [0.2, 0.25) is 5.91 Å². The lowest BCUT2D eigenvalue weighted by atomic mass is 9.89. The molecular weight excluding hydrogens is 460 g/mol. The Hall–Kier alpha value is -1.56. The second-order valence-corrected chi connectivity index (χ2v) is 11.5. The Labute approximate surface area is 194 Å². The van der Waals surface area contributed by atoms with Gasteiger partial charge in [-0.1, -0.05) is 37.4 Å². The summed E-state index contributed by atoms with van der Waals surface area (Å²) in [6.45, 7) is 10.1. The fraction of sp³-hybridized carbons (Fsp3) is 0.550. The molecule has 0 aromatic rings. The number of carboxylic acid groups (broad SMARTS) is 1. The van der Waals surface area contributed by atoms with Gasteiger partial charge in [0.05, 0.1) is 10.3 Å². The summed E-state index contributed by atoms with van der Waals surface area (Å²) in [6, 6.07) is 0. The number of nitrogens with zero attached hydrogens (tertiary/aromatic N) is 2. The summed E-state index contributed by atoms with van der Waals surface area (Å²) in [6.07, 6.45) is 3.02. The molecule has 1 unspecified atom stereocenters. The van der Waals surface area contributed by atoms with Crippen molar-refractivity contribution in [2.45, 2.75) is 35.3 Å². The van der Waals surface area contributed by atoms with Crippen LogP contribution in [0.2, 0.25) is 0 Å². The van der Waals surface area contributed by atoms with Crippen LogP contribution in [-0.2, 0) is 14.3 Å². The summed E-state index contributed by atoms with van der Waals surface area (Å²) in [7, 11) is 0. The molecular formula is C20H26N2O6S3. The average Bonchev–Trinajstić information content (AvgIpc) is 3.31. The zero-order chi connectivity index (χ0) is 22.8. The van der Waals surface area contributed by atoms with E-state index >= 15 is 0 Å². The fourth-order valence-corrected chi connectivity index (χ4v) is 9.00. The van der Waals surface area contributed by atoms with Gasteiger partial charge in [-0.15, -0.1) is 30.1 Å². The van der Waals surface area contributed by atoms with Crippen molar-refractivity contribution in [3.05, 3.63) is 35.2 Å². The Morgan fingerprint density at radius 1 is 1.42 bits per heavy atom. The number of thioether (sulfide) groups is 3. The average molecular weight is 487 g/mol. The SMILES string of the molecule is C=CCOC(=O)N1CCC(SC2=C(C(=O)O)N3C(=O)[C@@H]([C@@H](O)CC)[C@@]3(SCC=C)S2)C1. The normalized spacial score (nSPS) is 28.3. The van der Waals surface area contributed by atoms with E-state index in [1.54, 1.807) is 17.9 Å². The molecule has 11 heteroatoms.